The standard InChI is InChI=1S/C42H34ClN3O5.Ni/c43-31-18-19-35(34(22-31)41(28-10-2-1-3-11-28)45-36(42(50)51)20-21-38(48)49)44-37(47)25-46-23-29-16-14-26-8-4-6-12-32(26)39(29)40-30(24-46)17-15-27-9-5-7-13-33(27)40;/h1-19,22,36H,20-21,23-25H2,(H3,44,45,47,48,49,50,51);/q;+2/p-1/t36-;/m1./s1. The predicted octanol–water partition coefficient (Wildman–Crippen LogP) is 9.01. The van der Waals surface area contributed by atoms with Gasteiger partial charge in [0.15, 0.2) is 0 Å². The molecule has 0 radical (unpaired) electrons. The van der Waals surface area contributed by atoms with Crippen molar-refractivity contribution in [3.8, 4) is 11.1 Å². The number of nitrogens with zero attached hydrogens (tertiary/aromatic N) is 3. The van der Waals surface area contributed by atoms with E-state index in [1.165, 1.54) is 11.1 Å². The SMILES string of the molecule is O=C(O)CC[C@@H](N=C(c1ccccc1)c1cc(Cl)ccc1[N-]C(=O)CN1Cc2ccc3ccccc3c2-c2c(ccc3ccccc23)C1)C(=O)O.[Ni+2]. The molecular weight excluding hydrogens is 721 g/mol. The summed E-state index contributed by atoms with van der Waals surface area (Å²) in [5.41, 5.74) is 6.05. The smallest absolute Gasteiger partial charge is 0.625 e. The van der Waals surface area contributed by atoms with Crippen molar-refractivity contribution in [1.29, 1.82) is 0 Å². The van der Waals surface area contributed by atoms with Crippen molar-refractivity contribution in [3.63, 3.8) is 0 Å². The Morgan fingerprint density at radius 1 is 0.750 bits per heavy atom. The van der Waals surface area contributed by atoms with E-state index >= 15 is 0 Å². The van der Waals surface area contributed by atoms with E-state index in [0.717, 1.165) is 32.7 Å². The Balaban J connectivity index is 0.00000464. The fourth-order valence-electron chi connectivity index (χ4n) is 6.85. The Bertz CT molecular complexity index is 2260. The summed E-state index contributed by atoms with van der Waals surface area (Å²) < 4.78 is 0. The average molecular weight is 754 g/mol. The van der Waals surface area contributed by atoms with Crippen LogP contribution in [0, 0.1) is 0 Å². The molecule has 1 aliphatic heterocycles. The molecule has 1 heterocycles. The van der Waals surface area contributed by atoms with Crippen LogP contribution < -0.4 is 0 Å². The Morgan fingerprint density at radius 2 is 1.33 bits per heavy atom. The second-order valence-electron chi connectivity index (χ2n) is 12.6. The molecule has 0 spiro atoms. The molecule has 1 aliphatic rings. The Labute approximate surface area is 315 Å². The molecule has 262 valence electrons. The molecule has 0 aromatic heterocycles. The van der Waals surface area contributed by atoms with Gasteiger partial charge in [0, 0.05) is 36.6 Å². The molecule has 10 heteroatoms. The molecule has 1 amide bonds. The van der Waals surface area contributed by atoms with Crippen LogP contribution in [0.5, 0.6) is 0 Å². The summed E-state index contributed by atoms with van der Waals surface area (Å²) in [5.74, 6) is -2.77. The summed E-state index contributed by atoms with van der Waals surface area (Å²) in [6.45, 7) is 1.08. The zero-order chi connectivity index (χ0) is 35.5. The third-order valence-electron chi connectivity index (χ3n) is 9.14. The average Bonchev–Trinajstić information content (AvgIpc) is 3.29. The second-order valence-corrected chi connectivity index (χ2v) is 13.0. The fraction of sp³-hybridized carbons (Fsp3) is 0.143. The van der Waals surface area contributed by atoms with Crippen LogP contribution >= 0.6 is 11.6 Å². The van der Waals surface area contributed by atoms with Gasteiger partial charge in [0.05, 0.1) is 11.6 Å². The summed E-state index contributed by atoms with van der Waals surface area (Å²) in [6.07, 6.45) is -0.586. The first kappa shape index (κ1) is 36.5. The molecule has 0 unspecified atom stereocenters. The molecule has 0 bridgehead atoms. The molecule has 0 fully saturated rings. The Hall–Kier alpha value is -5.34. The zero-order valence-electron chi connectivity index (χ0n) is 27.8. The van der Waals surface area contributed by atoms with E-state index in [9.17, 15) is 24.6 Å². The van der Waals surface area contributed by atoms with Gasteiger partial charge in [-0.3, -0.25) is 14.7 Å². The number of hydrogen-bond acceptors (Lipinski definition) is 5. The van der Waals surface area contributed by atoms with Gasteiger partial charge in [-0.25, -0.2) is 4.79 Å². The van der Waals surface area contributed by atoms with Crippen LogP contribution in [0.15, 0.2) is 126 Å². The van der Waals surface area contributed by atoms with E-state index in [1.54, 1.807) is 42.5 Å². The Kier molecular flexibility index (Phi) is 11.2. The molecule has 6 aromatic rings. The number of halogens is 1. The zero-order valence-corrected chi connectivity index (χ0v) is 29.6. The van der Waals surface area contributed by atoms with E-state index in [-0.39, 0.29) is 47.3 Å². The third kappa shape index (κ3) is 7.77. The van der Waals surface area contributed by atoms with Gasteiger partial charge in [-0.15, -0.1) is 5.69 Å². The maximum atomic E-state index is 13.9. The van der Waals surface area contributed by atoms with Gasteiger partial charge in [0.2, 0.25) is 0 Å². The summed E-state index contributed by atoms with van der Waals surface area (Å²) in [7, 11) is 0. The minimum absolute atomic E-state index is 0. The molecule has 2 N–H and O–H groups in total. The molecule has 0 saturated heterocycles. The largest absolute Gasteiger partial charge is 2.00 e. The van der Waals surface area contributed by atoms with E-state index in [1.807, 2.05) is 18.2 Å². The molecule has 7 rings (SSSR count). The van der Waals surface area contributed by atoms with E-state index in [2.05, 4.69) is 75.9 Å². The van der Waals surface area contributed by atoms with Crippen LogP contribution in [0.25, 0.3) is 38.0 Å². The summed E-state index contributed by atoms with van der Waals surface area (Å²) in [5, 5.41) is 28.7. The maximum Gasteiger partial charge on any atom is 2.00 e. The summed E-state index contributed by atoms with van der Waals surface area (Å²) in [4.78, 5) is 44.0. The van der Waals surface area contributed by atoms with Gasteiger partial charge < -0.3 is 20.3 Å². The number of amides is 1. The number of carboxylic acid groups (broad SMARTS) is 2. The van der Waals surface area contributed by atoms with Gasteiger partial charge >= 0.3 is 28.4 Å². The van der Waals surface area contributed by atoms with Crippen molar-refractivity contribution in [2.75, 3.05) is 6.54 Å². The van der Waals surface area contributed by atoms with E-state index < -0.39 is 23.9 Å². The number of benzene rings is 6. The molecular formula is C42H33ClN3NiO5+. The van der Waals surface area contributed by atoms with Gasteiger partial charge in [-0.1, -0.05) is 121 Å². The first-order valence-electron chi connectivity index (χ1n) is 16.6. The molecule has 1 atom stereocenters. The van der Waals surface area contributed by atoms with Crippen LogP contribution in [0.1, 0.15) is 35.1 Å². The van der Waals surface area contributed by atoms with Gasteiger partial charge in [-0.2, -0.15) is 0 Å². The molecule has 8 nitrogen and oxygen atoms in total. The number of aliphatic carboxylic acids is 2. The minimum Gasteiger partial charge on any atom is -0.625 e. The van der Waals surface area contributed by atoms with Crippen LogP contribution in [0.3, 0.4) is 0 Å². The molecule has 6 aromatic carbocycles. The van der Waals surface area contributed by atoms with Crippen molar-refractivity contribution in [3.05, 3.63) is 154 Å². The van der Waals surface area contributed by atoms with Crippen molar-refractivity contribution >= 4 is 62.4 Å². The van der Waals surface area contributed by atoms with Gasteiger partial charge in [-0.05, 0) is 67.9 Å². The van der Waals surface area contributed by atoms with Crippen molar-refractivity contribution in [2.24, 2.45) is 4.99 Å². The van der Waals surface area contributed by atoms with Gasteiger partial charge in [0.25, 0.3) is 0 Å². The predicted molar refractivity (Wildman–Crippen MR) is 201 cm³/mol. The van der Waals surface area contributed by atoms with Crippen LogP contribution in [-0.2, 0) is 44.0 Å². The van der Waals surface area contributed by atoms with Crippen molar-refractivity contribution < 1.29 is 41.1 Å². The summed E-state index contributed by atoms with van der Waals surface area (Å²) in [6, 6.07) is 37.7. The van der Waals surface area contributed by atoms with E-state index in [0.29, 0.717) is 29.2 Å². The third-order valence-corrected chi connectivity index (χ3v) is 9.37. The second kappa shape index (κ2) is 15.9. The maximum absolute atomic E-state index is 13.9. The van der Waals surface area contributed by atoms with Crippen LogP contribution in [0.2, 0.25) is 5.02 Å². The Morgan fingerprint density at radius 3 is 1.90 bits per heavy atom. The van der Waals surface area contributed by atoms with Gasteiger partial charge in [0.1, 0.15) is 6.04 Å². The molecule has 0 aliphatic carbocycles. The minimum atomic E-state index is -1.34. The normalized spacial score (nSPS) is 13.4. The number of fused-ring (bicyclic) bond motifs is 7. The first-order chi connectivity index (χ1) is 24.7. The topological polar surface area (TPSA) is 121 Å². The number of hydrogen-bond donors (Lipinski definition) is 2. The number of carbonyl (C=O) groups is 3. The molecule has 0 saturated carbocycles. The quantitative estimate of drug-likeness (QED) is 0.106. The first-order valence-corrected chi connectivity index (χ1v) is 17.0. The number of rotatable bonds is 10. The molecule has 52 heavy (non-hydrogen) atoms. The van der Waals surface area contributed by atoms with Crippen molar-refractivity contribution in [2.45, 2.75) is 32.0 Å². The number of carbonyl (C=O) groups excluding carboxylic acids is 1. The van der Waals surface area contributed by atoms with Crippen LogP contribution in [0.4, 0.5) is 5.69 Å². The monoisotopic (exact) mass is 752 g/mol. The summed E-state index contributed by atoms with van der Waals surface area (Å²) >= 11 is 6.46. The number of carboxylic acids is 2. The van der Waals surface area contributed by atoms with Crippen molar-refractivity contribution in [1.82, 2.24) is 4.90 Å². The fourth-order valence-corrected chi connectivity index (χ4v) is 7.02. The van der Waals surface area contributed by atoms with E-state index in [4.69, 9.17) is 11.6 Å². The number of aliphatic imine (C=N–C) groups is 1. The van der Waals surface area contributed by atoms with Crippen LogP contribution in [-0.4, -0.2) is 51.3 Å².